The van der Waals surface area contributed by atoms with Gasteiger partial charge in [-0.2, -0.15) is 0 Å². The Morgan fingerprint density at radius 1 is 0.897 bits per heavy atom. The Bertz CT molecular complexity index is 2750. The van der Waals surface area contributed by atoms with Gasteiger partial charge in [0.1, 0.15) is 41.5 Å². The number of carbonyl (C=O) groups is 3. The number of ether oxygens (including phenoxy) is 3. The molecule has 0 radical (unpaired) electrons. The van der Waals surface area contributed by atoms with E-state index < -0.39 is 30.5 Å². The second kappa shape index (κ2) is 20.9. The van der Waals surface area contributed by atoms with Crippen molar-refractivity contribution in [2.75, 3.05) is 25.1 Å². The van der Waals surface area contributed by atoms with Gasteiger partial charge in [0.15, 0.2) is 0 Å². The summed E-state index contributed by atoms with van der Waals surface area (Å²) in [5.74, 6) is 0.0760. The molecule has 8 rings (SSSR count). The van der Waals surface area contributed by atoms with E-state index in [1.807, 2.05) is 75.4 Å². The molecule has 6 aromatic rings. The van der Waals surface area contributed by atoms with Crippen LogP contribution in [0, 0.1) is 12.8 Å². The first kappa shape index (κ1) is 47.4. The van der Waals surface area contributed by atoms with Crippen LogP contribution in [0.3, 0.4) is 0 Å². The molecule has 3 amide bonds. The van der Waals surface area contributed by atoms with Gasteiger partial charge in [-0.25, -0.2) is 15.0 Å². The third-order valence-corrected chi connectivity index (χ3v) is 12.7. The van der Waals surface area contributed by atoms with Gasteiger partial charge >= 0.3 is 6.36 Å². The first-order valence-electron chi connectivity index (χ1n) is 22.2. The van der Waals surface area contributed by atoms with E-state index in [-0.39, 0.29) is 43.0 Å². The van der Waals surface area contributed by atoms with Gasteiger partial charge in [-0.3, -0.25) is 14.4 Å². The number of likely N-dealkylation sites (tertiary alicyclic amines) is 1. The molecule has 0 spiro atoms. The molecule has 3 atom stereocenters. The number of hydrogen-bond donors (Lipinski definition) is 3. The van der Waals surface area contributed by atoms with Crippen molar-refractivity contribution in [2.24, 2.45) is 5.92 Å². The van der Waals surface area contributed by atoms with E-state index >= 15 is 0 Å². The van der Waals surface area contributed by atoms with Crippen molar-refractivity contribution in [3.05, 3.63) is 131 Å². The summed E-state index contributed by atoms with van der Waals surface area (Å²) in [6, 6.07) is 25.8. The van der Waals surface area contributed by atoms with Crippen molar-refractivity contribution < 1.29 is 46.9 Å². The van der Waals surface area contributed by atoms with Gasteiger partial charge in [0, 0.05) is 54.5 Å². The van der Waals surface area contributed by atoms with Crippen LogP contribution in [-0.2, 0) is 22.7 Å². The van der Waals surface area contributed by atoms with E-state index in [2.05, 4.69) is 30.3 Å². The summed E-state index contributed by atoms with van der Waals surface area (Å²) in [6.45, 7) is 6.83. The number of aliphatic hydroxyl groups is 1. The highest BCUT2D eigenvalue weighted by atomic mass is 32.1. The largest absolute Gasteiger partial charge is 0.573 e. The number of nitrogens with zero attached hydrogens (tertiary/aromatic N) is 5. The fourth-order valence-corrected chi connectivity index (χ4v) is 9.23. The molecule has 18 heteroatoms. The van der Waals surface area contributed by atoms with E-state index in [1.165, 1.54) is 46.8 Å². The minimum absolute atomic E-state index is 0.0186. The normalized spacial score (nSPS) is 16.1. The smallest absolute Gasteiger partial charge is 0.494 e. The molecular weight excluding hydrogens is 900 g/mol. The average Bonchev–Trinajstić information content (AvgIpc) is 4.03. The number of aliphatic hydroxyl groups excluding tert-OH is 1. The number of alkyl halides is 3. The number of benzene rings is 4. The quantitative estimate of drug-likeness (QED) is 0.0705. The number of amides is 3. The van der Waals surface area contributed by atoms with Crippen LogP contribution in [0.4, 0.5) is 24.7 Å². The van der Waals surface area contributed by atoms with Crippen molar-refractivity contribution in [1.82, 2.24) is 30.1 Å². The van der Waals surface area contributed by atoms with Gasteiger partial charge in [-0.15, -0.1) is 24.5 Å². The van der Waals surface area contributed by atoms with Crippen LogP contribution in [0.25, 0.3) is 21.7 Å². The molecule has 4 heterocycles. The molecule has 0 saturated carbocycles. The third-order valence-electron chi connectivity index (χ3n) is 11.7. The van der Waals surface area contributed by atoms with Crippen LogP contribution < -0.4 is 24.8 Å². The molecule has 0 aliphatic carbocycles. The van der Waals surface area contributed by atoms with Crippen LogP contribution in [0.15, 0.2) is 109 Å². The molecule has 3 N–H and O–H groups in total. The van der Waals surface area contributed by atoms with E-state index in [4.69, 9.17) is 9.47 Å². The number of carbonyl (C=O) groups excluding carboxylic acids is 3. The van der Waals surface area contributed by atoms with Gasteiger partial charge in [0.05, 0.1) is 41.1 Å². The molecule has 68 heavy (non-hydrogen) atoms. The lowest BCUT2D eigenvalue weighted by Gasteiger charge is -2.35. The van der Waals surface area contributed by atoms with E-state index in [0.29, 0.717) is 66.9 Å². The maximum atomic E-state index is 14.3. The summed E-state index contributed by atoms with van der Waals surface area (Å²) in [6.07, 6.45) is -2.90. The van der Waals surface area contributed by atoms with E-state index in [0.717, 1.165) is 32.8 Å². The zero-order valence-electron chi connectivity index (χ0n) is 37.5. The van der Waals surface area contributed by atoms with Gasteiger partial charge in [0.25, 0.3) is 5.91 Å². The number of halogens is 3. The molecule has 2 aromatic heterocycles. The lowest BCUT2D eigenvalue weighted by molar-refractivity contribution is -0.274. The first-order valence-corrected chi connectivity index (χ1v) is 23.1. The van der Waals surface area contributed by atoms with Gasteiger partial charge in [0.2, 0.25) is 11.8 Å². The van der Waals surface area contributed by atoms with Crippen molar-refractivity contribution in [2.45, 2.75) is 77.7 Å². The van der Waals surface area contributed by atoms with E-state index in [9.17, 15) is 32.7 Å². The fourth-order valence-electron chi connectivity index (χ4n) is 8.43. The van der Waals surface area contributed by atoms with Crippen molar-refractivity contribution in [3.63, 3.8) is 0 Å². The monoisotopic (exact) mass is 949 g/mol. The molecule has 2 aliphatic rings. The average molecular weight is 950 g/mol. The zero-order valence-corrected chi connectivity index (χ0v) is 38.3. The SMILES string of the molecule is Cc1ncsc1-c1ccc(OCCCCOc2cccc(-c3cc(Nc4ccc(OC(F)(F)F)cc4)ncn3)c2)c(CNC(=O)[C@@H]2C[C@@H](O)CN2C(=O)[C@H](C(C)C)N2Cc3ccccc3C2=O)c1. The minimum atomic E-state index is -4.78. The maximum Gasteiger partial charge on any atom is 0.573 e. The predicted octanol–water partition coefficient (Wildman–Crippen LogP) is 8.71. The molecule has 1 fully saturated rings. The summed E-state index contributed by atoms with van der Waals surface area (Å²) in [4.78, 5) is 58.8. The minimum Gasteiger partial charge on any atom is -0.494 e. The van der Waals surface area contributed by atoms with Crippen LogP contribution in [0.2, 0.25) is 0 Å². The number of anilines is 2. The second-order valence-electron chi connectivity index (χ2n) is 16.9. The molecule has 2 aliphatic heterocycles. The number of fused-ring (bicyclic) bond motifs is 1. The van der Waals surface area contributed by atoms with Crippen molar-refractivity contribution in [1.29, 1.82) is 0 Å². The Labute approximate surface area is 395 Å². The van der Waals surface area contributed by atoms with Crippen molar-refractivity contribution in [3.8, 4) is 38.9 Å². The Balaban J connectivity index is 0.863. The number of nitrogens with one attached hydrogen (secondary N) is 2. The summed E-state index contributed by atoms with van der Waals surface area (Å²) < 4.78 is 54.0. The number of hydrogen-bond acceptors (Lipinski definition) is 12. The van der Waals surface area contributed by atoms with Crippen LogP contribution >= 0.6 is 11.3 Å². The van der Waals surface area contributed by atoms with Gasteiger partial charge in [-0.1, -0.05) is 44.2 Å². The standard InChI is InChI=1S/C50H50F3N7O7S/c1-30(2)45(60-26-34-9-4-5-12-40(34)48(60)63)49(64)59-27-37(61)23-42(59)47(62)54-25-35-21-33(46-31(3)57-29-68-46)13-18-43(35)66-20-7-6-19-65-39-11-8-10-32(22-39)41-24-44(56-28-55-41)58-36-14-16-38(17-15-36)67-50(51,52)53/h4-5,8-18,21-22,24,28-30,37,42,45,61H,6-7,19-20,23,25-27H2,1-3H3,(H,54,62)(H,55,56,58)/t37-,42+,45+/m1/s1. The maximum absolute atomic E-state index is 14.3. The van der Waals surface area contributed by atoms with Gasteiger partial charge in [-0.05, 0) is 97.5 Å². The fraction of sp³-hybridized carbons (Fsp3) is 0.320. The van der Waals surface area contributed by atoms with Crippen LogP contribution in [0.5, 0.6) is 17.2 Å². The second-order valence-corrected chi connectivity index (χ2v) is 17.8. The van der Waals surface area contributed by atoms with Crippen molar-refractivity contribution >= 4 is 40.6 Å². The highest BCUT2D eigenvalue weighted by molar-refractivity contribution is 7.13. The Hall–Kier alpha value is -7.05. The number of β-amino-alcohol motifs (C(OH)–C–C–N with tert-alkyl or cyclic N) is 1. The molecule has 0 bridgehead atoms. The summed E-state index contributed by atoms with van der Waals surface area (Å²) in [5.41, 5.74) is 7.61. The molecule has 4 aromatic carbocycles. The topological polar surface area (TPSA) is 168 Å². The number of thiazole rings is 1. The molecular formula is C50H50F3N7O7S. The number of rotatable bonds is 18. The number of aromatic nitrogens is 3. The van der Waals surface area contributed by atoms with E-state index in [1.54, 1.807) is 28.6 Å². The van der Waals surface area contributed by atoms with Crippen LogP contribution in [-0.4, -0.2) is 91.9 Å². The van der Waals surface area contributed by atoms with Gasteiger partial charge < -0.3 is 39.8 Å². The Kier molecular flexibility index (Phi) is 14.5. The number of unbranched alkanes of at least 4 members (excludes halogenated alkanes) is 1. The lowest BCUT2D eigenvalue weighted by Crippen LogP contribution is -2.55. The highest BCUT2D eigenvalue weighted by Gasteiger charge is 2.46. The third kappa shape index (κ3) is 11.4. The molecule has 0 unspecified atom stereocenters. The summed E-state index contributed by atoms with van der Waals surface area (Å²) in [5, 5.41) is 16.9. The summed E-state index contributed by atoms with van der Waals surface area (Å²) >= 11 is 1.51. The summed E-state index contributed by atoms with van der Waals surface area (Å²) in [7, 11) is 0. The highest BCUT2D eigenvalue weighted by Crippen LogP contribution is 2.34. The van der Waals surface area contributed by atoms with Crippen LogP contribution in [0.1, 0.15) is 60.3 Å². The number of aryl methyl sites for hydroxylation is 1. The predicted molar refractivity (Wildman–Crippen MR) is 249 cm³/mol. The lowest BCUT2D eigenvalue weighted by atomic mass is 10.0. The molecule has 1 saturated heterocycles. The Morgan fingerprint density at radius 3 is 2.41 bits per heavy atom. The first-order chi connectivity index (χ1) is 32.7. The molecule has 14 nitrogen and oxygen atoms in total. The molecule has 354 valence electrons. The Morgan fingerprint density at radius 2 is 1.68 bits per heavy atom. The zero-order chi connectivity index (χ0) is 48.0.